The summed E-state index contributed by atoms with van der Waals surface area (Å²) < 4.78 is 9.35. The number of hydrogen-bond donors (Lipinski definition) is 2. The van der Waals surface area contributed by atoms with E-state index in [1.165, 1.54) is 18.4 Å². The number of hydrogen-bond acceptors (Lipinski definition) is 6. The van der Waals surface area contributed by atoms with Crippen molar-refractivity contribution in [3.63, 3.8) is 0 Å². The molecule has 130 valence electrons. The minimum atomic E-state index is 0.506. The molecule has 5 heterocycles. The molecular formula is C17H21N7O. The molecule has 0 amide bonds. The Labute approximate surface area is 145 Å². The van der Waals surface area contributed by atoms with Gasteiger partial charge >= 0.3 is 0 Å². The van der Waals surface area contributed by atoms with Crippen LogP contribution in [0.2, 0.25) is 0 Å². The van der Waals surface area contributed by atoms with E-state index in [4.69, 9.17) is 4.74 Å². The summed E-state index contributed by atoms with van der Waals surface area (Å²) in [6, 6.07) is 4.23. The fraction of sp³-hybridized carbons (Fsp3) is 0.471. The topological polar surface area (TPSA) is 81.3 Å². The van der Waals surface area contributed by atoms with E-state index in [0.717, 1.165) is 42.5 Å². The Kier molecular flexibility index (Phi) is 3.64. The number of nitrogens with one attached hydrogen (secondary N) is 2. The second-order valence-electron chi connectivity index (χ2n) is 6.68. The Hall–Kier alpha value is -2.45. The van der Waals surface area contributed by atoms with Crippen molar-refractivity contribution in [2.75, 3.05) is 25.0 Å². The Bertz CT molecular complexity index is 870. The van der Waals surface area contributed by atoms with Gasteiger partial charge in [0.2, 0.25) is 0 Å². The van der Waals surface area contributed by atoms with Gasteiger partial charge in [-0.05, 0) is 36.9 Å². The van der Waals surface area contributed by atoms with Gasteiger partial charge in [-0.3, -0.25) is 4.68 Å². The molecule has 1 fully saturated rings. The molecule has 0 bridgehead atoms. The van der Waals surface area contributed by atoms with E-state index in [1.807, 2.05) is 15.3 Å². The SMILES string of the molecule is c1nc2c(Nc3cc4n(n3)CCOC4)cc(C3CCCNC3)cn2n1. The molecule has 0 radical (unpaired) electrons. The van der Waals surface area contributed by atoms with Gasteiger partial charge in [0, 0.05) is 18.8 Å². The van der Waals surface area contributed by atoms with Crippen LogP contribution in [0.1, 0.15) is 30.0 Å². The Morgan fingerprint density at radius 1 is 1.32 bits per heavy atom. The summed E-state index contributed by atoms with van der Waals surface area (Å²) in [6.07, 6.45) is 6.09. The molecule has 1 saturated heterocycles. The van der Waals surface area contributed by atoms with Gasteiger partial charge in [0.1, 0.15) is 6.33 Å². The fourth-order valence-corrected chi connectivity index (χ4v) is 3.69. The lowest BCUT2D eigenvalue weighted by atomic mass is 9.92. The van der Waals surface area contributed by atoms with Crippen molar-refractivity contribution in [2.45, 2.75) is 31.9 Å². The van der Waals surface area contributed by atoms with Crippen LogP contribution >= 0.6 is 0 Å². The lowest BCUT2D eigenvalue weighted by Gasteiger charge is -2.23. The highest BCUT2D eigenvalue weighted by atomic mass is 16.5. The zero-order chi connectivity index (χ0) is 16.6. The second kappa shape index (κ2) is 6.12. The van der Waals surface area contributed by atoms with E-state index in [9.17, 15) is 0 Å². The summed E-state index contributed by atoms with van der Waals surface area (Å²) in [6.45, 7) is 4.24. The van der Waals surface area contributed by atoms with Gasteiger partial charge in [-0.1, -0.05) is 0 Å². The highest BCUT2D eigenvalue weighted by molar-refractivity contribution is 5.73. The molecule has 3 aromatic rings. The van der Waals surface area contributed by atoms with E-state index in [0.29, 0.717) is 19.1 Å². The van der Waals surface area contributed by atoms with Crippen LogP contribution in [0.5, 0.6) is 0 Å². The molecule has 0 saturated carbocycles. The van der Waals surface area contributed by atoms with Crippen LogP contribution in [0.4, 0.5) is 11.5 Å². The standard InChI is InChI=1S/C17H21N7O/c1-2-12(8-18-3-1)13-6-15(17-19-11-20-24(17)9-13)21-16-7-14-10-25-5-4-23(14)22-16/h6-7,9,11-12,18H,1-5,8,10H2,(H,21,22). The highest BCUT2D eigenvalue weighted by Gasteiger charge is 2.19. The smallest absolute Gasteiger partial charge is 0.178 e. The fourth-order valence-electron chi connectivity index (χ4n) is 3.69. The second-order valence-corrected chi connectivity index (χ2v) is 6.68. The number of nitrogens with zero attached hydrogens (tertiary/aromatic N) is 5. The van der Waals surface area contributed by atoms with Crippen molar-refractivity contribution in [1.29, 1.82) is 0 Å². The summed E-state index contributed by atoms with van der Waals surface area (Å²) >= 11 is 0. The van der Waals surface area contributed by atoms with Gasteiger partial charge in [0.15, 0.2) is 11.5 Å². The third-order valence-electron chi connectivity index (χ3n) is 4.99. The molecule has 8 heteroatoms. The van der Waals surface area contributed by atoms with Gasteiger partial charge in [-0.15, -0.1) is 0 Å². The monoisotopic (exact) mass is 339 g/mol. The Balaban J connectivity index is 1.50. The van der Waals surface area contributed by atoms with Gasteiger partial charge in [0.05, 0.1) is 31.1 Å². The maximum atomic E-state index is 5.49. The van der Waals surface area contributed by atoms with Crippen molar-refractivity contribution in [1.82, 2.24) is 29.7 Å². The first-order chi connectivity index (χ1) is 12.4. The molecular weight excluding hydrogens is 318 g/mol. The van der Waals surface area contributed by atoms with Crippen LogP contribution in [-0.4, -0.2) is 44.1 Å². The molecule has 1 atom stereocenters. The molecule has 2 N–H and O–H groups in total. The lowest BCUT2D eigenvalue weighted by Crippen LogP contribution is -2.28. The van der Waals surface area contributed by atoms with Crippen LogP contribution < -0.4 is 10.6 Å². The number of piperidine rings is 1. The molecule has 2 aliphatic heterocycles. The van der Waals surface area contributed by atoms with Gasteiger partial charge < -0.3 is 15.4 Å². The van der Waals surface area contributed by atoms with Crippen LogP contribution in [0, 0.1) is 0 Å². The Morgan fingerprint density at radius 3 is 3.20 bits per heavy atom. The van der Waals surface area contributed by atoms with E-state index in [-0.39, 0.29) is 0 Å². The van der Waals surface area contributed by atoms with Crippen LogP contribution in [-0.2, 0) is 17.9 Å². The van der Waals surface area contributed by atoms with Crippen molar-refractivity contribution >= 4 is 17.2 Å². The van der Waals surface area contributed by atoms with E-state index in [2.05, 4.69) is 38.1 Å². The third kappa shape index (κ3) is 2.77. The molecule has 8 nitrogen and oxygen atoms in total. The van der Waals surface area contributed by atoms with Crippen LogP contribution in [0.25, 0.3) is 5.65 Å². The van der Waals surface area contributed by atoms with E-state index < -0.39 is 0 Å². The quantitative estimate of drug-likeness (QED) is 0.755. The molecule has 0 spiro atoms. The summed E-state index contributed by atoms with van der Waals surface area (Å²) in [7, 11) is 0. The molecule has 0 aliphatic carbocycles. The molecule has 3 aromatic heterocycles. The number of anilines is 2. The van der Waals surface area contributed by atoms with Crippen LogP contribution in [0.3, 0.4) is 0 Å². The first-order valence-electron chi connectivity index (χ1n) is 8.82. The maximum Gasteiger partial charge on any atom is 0.178 e. The highest BCUT2D eigenvalue weighted by Crippen LogP contribution is 2.29. The molecule has 1 unspecified atom stereocenters. The van der Waals surface area contributed by atoms with Gasteiger partial charge in [0.25, 0.3) is 0 Å². The van der Waals surface area contributed by atoms with Crippen molar-refractivity contribution < 1.29 is 4.74 Å². The van der Waals surface area contributed by atoms with Gasteiger partial charge in [-0.2, -0.15) is 10.2 Å². The molecule has 0 aromatic carbocycles. The minimum absolute atomic E-state index is 0.506. The largest absolute Gasteiger partial charge is 0.373 e. The third-order valence-corrected chi connectivity index (χ3v) is 4.99. The van der Waals surface area contributed by atoms with E-state index in [1.54, 1.807) is 6.33 Å². The van der Waals surface area contributed by atoms with Gasteiger partial charge in [-0.25, -0.2) is 9.50 Å². The predicted molar refractivity (Wildman–Crippen MR) is 93.0 cm³/mol. The summed E-state index contributed by atoms with van der Waals surface area (Å²) in [5.41, 5.74) is 4.13. The average Bonchev–Trinajstić information content (AvgIpc) is 3.28. The molecule has 25 heavy (non-hydrogen) atoms. The predicted octanol–water partition coefficient (Wildman–Crippen LogP) is 1.67. The van der Waals surface area contributed by atoms with Crippen molar-refractivity contribution in [2.24, 2.45) is 0 Å². The zero-order valence-electron chi connectivity index (χ0n) is 14.0. The first-order valence-corrected chi connectivity index (χ1v) is 8.82. The normalized spacial score (nSPS) is 20.6. The van der Waals surface area contributed by atoms with Crippen LogP contribution in [0.15, 0.2) is 24.7 Å². The summed E-state index contributed by atoms with van der Waals surface area (Å²) in [5, 5.41) is 15.9. The molecule has 2 aliphatic rings. The summed E-state index contributed by atoms with van der Waals surface area (Å²) in [5.74, 6) is 1.33. The van der Waals surface area contributed by atoms with Crippen molar-refractivity contribution in [3.8, 4) is 0 Å². The average molecular weight is 339 g/mol. The minimum Gasteiger partial charge on any atom is -0.373 e. The number of ether oxygens (including phenoxy) is 1. The summed E-state index contributed by atoms with van der Waals surface area (Å²) in [4.78, 5) is 4.40. The first kappa shape index (κ1) is 14.9. The molecule has 5 rings (SSSR count). The Morgan fingerprint density at radius 2 is 2.32 bits per heavy atom. The van der Waals surface area contributed by atoms with E-state index >= 15 is 0 Å². The lowest BCUT2D eigenvalue weighted by molar-refractivity contribution is 0.0801. The number of fused-ring (bicyclic) bond motifs is 2. The maximum absolute atomic E-state index is 5.49. The number of aromatic nitrogens is 5. The zero-order valence-corrected chi connectivity index (χ0v) is 14.0. The van der Waals surface area contributed by atoms with Crippen molar-refractivity contribution in [3.05, 3.63) is 35.9 Å². The number of rotatable bonds is 3. The number of pyridine rings is 1.